The molecule has 0 spiro atoms. The molecular weight excluding hydrogens is 93.0 g/mol. The Bertz CT molecular complexity index is 260. The molecule has 0 aromatic rings. The summed E-state index contributed by atoms with van der Waals surface area (Å²) in [6.07, 6.45) is -5.52. The second-order valence-corrected chi connectivity index (χ2v) is 1.29. The van der Waals surface area contributed by atoms with Gasteiger partial charge in [-0.3, -0.25) is 0 Å². The number of rotatable bonds is 3. The Labute approximate surface area is 54.1 Å². The predicted molar refractivity (Wildman–Crippen MR) is 25.8 cm³/mol. The van der Waals surface area contributed by atoms with Crippen molar-refractivity contribution in [3.63, 3.8) is 0 Å². The van der Waals surface area contributed by atoms with Crippen LogP contribution in [0.1, 0.15) is 22.3 Å². The normalized spacial score (nSPS) is 62.4. The molecule has 1 fully saturated rings. The van der Waals surface area contributed by atoms with Crippen molar-refractivity contribution in [3.05, 3.63) is 0 Å². The molecule has 1 unspecified atom stereocenters. The molecule has 0 aliphatic heterocycles. The summed E-state index contributed by atoms with van der Waals surface area (Å²) in [5, 5.41) is 12.7. The van der Waals surface area contributed by atoms with Gasteiger partial charge in [0, 0.05) is 10.9 Å². The zero-order valence-electron chi connectivity index (χ0n) is 11.4. The van der Waals surface area contributed by atoms with E-state index in [0.29, 0.717) is 0 Å². The highest BCUT2D eigenvalue weighted by Gasteiger charge is 2.41. The van der Waals surface area contributed by atoms with Gasteiger partial charge in [0.15, 0.2) is 0 Å². The van der Waals surface area contributed by atoms with E-state index in [1.54, 1.807) is 0 Å². The van der Waals surface area contributed by atoms with Crippen molar-refractivity contribution in [1.82, 2.24) is 0 Å². The van der Waals surface area contributed by atoms with Crippen LogP contribution in [0.5, 0.6) is 0 Å². The zero-order valence-corrected chi connectivity index (χ0v) is 3.43. The average Bonchev–Trinajstić information content (AvgIpc) is 2.39. The third kappa shape index (κ3) is 0.763. The van der Waals surface area contributed by atoms with Crippen molar-refractivity contribution < 1.29 is 19.8 Å². The van der Waals surface area contributed by atoms with Crippen molar-refractivity contribution in [1.29, 1.82) is 1.43 Å². The van der Waals surface area contributed by atoms with E-state index in [0.717, 1.165) is 0 Å². The van der Waals surface area contributed by atoms with Gasteiger partial charge in [0.1, 0.15) is 0 Å². The quantitative estimate of drug-likeness (QED) is 0.493. The lowest BCUT2D eigenvalue weighted by molar-refractivity contribution is 0.134. The SMILES string of the molecule is [2H]OC([2H])([2H])[13C]1(C([2H])O)C([2H])([2H])C1([2H])[2H]. The first-order chi connectivity index (χ1) is 6.50. The van der Waals surface area contributed by atoms with Crippen LogP contribution in [-0.2, 0) is 0 Å². The van der Waals surface area contributed by atoms with Crippen molar-refractivity contribution >= 4 is 0 Å². The minimum Gasteiger partial charge on any atom is -0.396 e. The molecule has 0 bridgehead atoms. The zero-order chi connectivity index (χ0) is 12.3. The maximum atomic E-state index is 9.06. The molecule has 2 N–H and O–H groups in total. The second-order valence-electron chi connectivity index (χ2n) is 1.29. The maximum absolute atomic E-state index is 9.06. The molecule has 1 atom stereocenters. The van der Waals surface area contributed by atoms with E-state index in [4.69, 9.17) is 16.1 Å². The van der Waals surface area contributed by atoms with Crippen molar-refractivity contribution in [2.45, 2.75) is 12.7 Å². The molecule has 0 amide bonds. The van der Waals surface area contributed by atoms with Gasteiger partial charge in [-0.2, -0.15) is 0 Å². The predicted octanol–water partition coefficient (Wildman–Crippen LogP) is -0.249. The largest absolute Gasteiger partial charge is 0.396 e. The maximum Gasteiger partial charge on any atom is 0.210 e. The van der Waals surface area contributed by atoms with Crippen LogP contribution < -0.4 is 0 Å². The van der Waals surface area contributed by atoms with E-state index in [1.807, 2.05) is 0 Å². The topological polar surface area (TPSA) is 40.5 Å². The molecule has 0 aromatic carbocycles. The molecule has 0 saturated heterocycles. The second kappa shape index (κ2) is 1.46. The van der Waals surface area contributed by atoms with Crippen molar-refractivity contribution in [3.8, 4) is 0 Å². The van der Waals surface area contributed by atoms with Crippen molar-refractivity contribution in [2.75, 3.05) is 13.1 Å². The van der Waals surface area contributed by atoms with Gasteiger partial charge in [-0.25, -0.2) is 0 Å². The lowest BCUT2D eigenvalue weighted by Crippen LogP contribution is -2.10. The van der Waals surface area contributed by atoms with E-state index in [-0.39, 0.29) is 0 Å². The van der Waals surface area contributed by atoms with Crippen LogP contribution >= 0.6 is 0 Å². The fourth-order valence-electron chi connectivity index (χ4n) is 0.209. The molecule has 0 heterocycles. The van der Waals surface area contributed by atoms with Gasteiger partial charge in [0.25, 0.3) is 0 Å². The standard InChI is InChI=1S/C5H10O2/c6-3-5(4-7)1-2-5/h6-7H,1-4H2/i1D2,2D2,3D,4D2,5+1,7D. The Kier molecular flexibility index (Phi) is 0.227. The molecule has 2 heteroatoms. The molecule has 7 heavy (non-hydrogen) atoms. The minimum absolute atomic E-state index is 2.36. The summed E-state index contributed by atoms with van der Waals surface area (Å²) in [7, 11) is 0. The number of hydrogen-bond donors (Lipinski definition) is 2. The summed E-state index contributed by atoms with van der Waals surface area (Å²) in [4.78, 5) is 0. The first-order valence-electron chi connectivity index (χ1n) is 5.74. The summed E-state index contributed by atoms with van der Waals surface area (Å²) in [5.74, 6) is 0. The first-order valence-corrected chi connectivity index (χ1v) is 1.75. The summed E-state index contributed by atoms with van der Waals surface area (Å²) >= 11 is 0. The van der Waals surface area contributed by atoms with Gasteiger partial charge in [-0.05, 0) is 12.7 Å². The number of hydrogen-bond acceptors (Lipinski definition) is 2. The van der Waals surface area contributed by atoms with E-state index in [9.17, 15) is 0 Å². The number of aliphatic hydroxyl groups is 2. The molecule has 1 aliphatic carbocycles. The fraction of sp³-hybridized carbons (Fsp3) is 1.00. The van der Waals surface area contributed by atoms with Crippen molar-refractivity contribution in [2.24, 2.45) is 5.41 Å². The van der Waals surface area contributed by atoms with E-state index in [2.05, 4.69) is 5.11 Å². The Morgan fingerprint density at radius 1 is 2.00 bits per heavy atom. The van der Waals surface area contributed by atoms with Gasteiger partial charge in [0.2, 0.25) is 1.43 Å². The van der Waals surface area contributed by atoms with Crippen LogP contribution in [-0.4, -0.2) is 24.8 Å². The summed E-state index contributed by atoms with van der Waals surface area (Å²) in [6.45, 7) is -5.44. The highest BCUT2D eigenvalue weighted by atomic mass is 16.3. The molecule has 2 nitrogen and oxygen atoms in total. The third-order valence-corrected chi connectivity index (χ3v) is 0.749. The first kappa shape index (κ1) is 1.09. The minimum atomic E-state index is -3.08. The summed E-state index contributed by atoms with van der Waals surface area (Å²) < 4.78 is 56.8. The highest BCUT2D eigenvalue weighted by Crippen LogP contribution is 2.43. The molecule has 1 rings (SSSR count). The third-order valence-electron chi connectivity index (χ3n) is 0.749. The summed E-state index contributed by atoms with van der Waals surface area (Å²) in [6, 6.07) is 0. The molecular formula is C5H10O2. The molecule has 1 aliphatic rings. The fourth-order valence-corrected chi connectivity index (χ4v) is 0.209. The Morgan fingerprint density at radius 2 is 2.71 bits per heavy atom. The van der Waals surface area contributed by atoms with E-state index >= 15 is 0 Å². The van der Waals surface area contributed by atoms with Crippen LogP contribution in [0, 0.1) is 5.41 Å². The van der Waals surface area contributed by atoms with Crippen LogP contribution in [0.25, 0.3) is 0 Å². The Hall–Kier alpha value is -0.0800. The van der Waals surface area contributed by atoms with Crippen LogP contribution in [0.15, 0.2) is 0 Å². The van der Waals surface area contributed by atoms with Crippen LogP contribution in [0.4, 0.5) is 0 Å². The van der Waals surface area contributed by atoms with Gasteiger partial charge >= 0.3 is 0 Å². The van der Waals surface area contributed by atoms with Gasteiger partial charge in [-0.15, -0.1) is 0 Å². The smallest absolute Gasteiger partial charge is 0.210 e. The van der Waals surface area contributed by atoms with E-state index in [1.165, 1.54) is 0 Å². The molecule has 0 radical (unpaired) electrons. The molecule has 0 aromatic heterocycles. The van der Waals surface area contributed by atoms with Gasteiger partial charge < -0.3 is 10.2 Å². The lowest BCUT2D eigenvalue weighted by Gasteiger charge is -2.02. The molecule has 42 valence electrons. The van der Waals surface area contributed by atoms with Crippen LogP contribution in [0.2, 0.25) is 0 Å². The lowest BCUT2D eigenvalue weighted by atomic mass is 10.6. The van der Waals surface area contributed by atoms with E-state index < -0.39 is 31.3 Å². The van der Waals surface area contributed by atoms with Gasteiger partial charge in [0.05, 0.1) is 17.3 Å². The Balaban J connectivity index is 3.29. The summed E-state index contributed by atoms with van der Waals surface area (Å²) in [5.41, 5.74) is -2.70. The molecule has 1 saturated carbocycles. The highest BCUT2D eigenvalue weighted by molar-refractivity contribution is 4.91. The number of aliphatic hydroxyl groups excluding tert-OH is 1. The Morgan fingerprint density at radius 3 is 2.86 bits per heavy atom. The van der Waals surface area contributed by atoms with Gasteiger partial charge in [-0.1, -0.05) is 0 Å². The monoisotopic (exact) mass is 111 g/mol. The average molecular weight is 111 g/mol. The van der Waals surface area contributed by atoms with Crippen LogP contribution in [0.3, 0.4) is 0 Å².